The summed E-state index contributed by atoms with van der Waals surface area (Å²) in [4.78, 5) is 15.8. The van der Waals surface area contributed by atoms with Gasteiger partial charge in [-0.25, -0.2) is 0 Å². The van der Waals surface area contributed by atoms with Crippen LogP contribution in [0.25, 0.3) is 43.6 Å². The lowest BCUT2D eigenvalue weighted by Crippen LogP contribution is -2.60. The molecule has 0 radical (unpaired) electrons. The van der Waals surface area contributed by atoms with Gasteiger partial charge in [0.15, 0.2) is 5.72 Å². The minimum absolute atomic E-state index is 0.00865. The SMILES string of the molecule is CCN(C)[C@H]1C[C@@H]2O[C@](C)([C@H]1OC)n1c3ccccc3c3c4c(c5c6ccccc6n2c5c31)C(=O)NC4. The highest BCUT2D eigenvalue weighted by molar-refractivity contribution is 6.31. The molecule has 2 aromatic heterocycles. The fourth-order valence-corrected chi connectivity index (χ4v) is 7.68. The van der Waals surface area contributed by atoms with Gasteiger partial charge >= 0.3 is 0 Å². The fourth-order valence-electron chi connectivity index (χ4n) is 7.68. The van der Waals surface area contributed by atoms with E-state index in [0.29, 0.717) is 6.54 Å². The molecule has 5 aromatic rings. The van der Waals surface area contributed by atoms with Gasteiger partial charge in [-0.05, 0) is 38.2 Å². The van der Waals surface area contributed by atoms with Gasteiger partial charge in [0.25, 0.3) is 5.91 Å². The van der Waals surface area contributed by atoms with Crippen LogP contribution in [0.2, 0.25) is 0 Å². The number of hydrogen-bond acceptors (Lipinski definition) is 4. The highest BCUT2D eigenvalue weighted by atomic mass is 16.6. The van der Waals surface area contributed by atoms with Crippen LogP contribution in [0.15, 0.2) is 48.5 Å². The Kier molecular flexibility index (Phi) is 4.18. The number of likely N-dealkylation sites (N-methyl/N-ethyl adjacent to an activating group) is 1. The normalized spacial score (nSPS) is 26.6. The Labute approximate surface area is 214 Å². The van der Waals surface area contributed by atoms with Crippen LogP contribution in [0.4, 0.5) is 0 Å². The van der Waals surface area contributed by atoms with E-state index in [2.05, 4.69) is 88.8 Å². The minimum atomic E-state index is -0.759. The summed E-state index contributed by atoms with van der Waals surface area (Å²) in [5, 5.41) is 7.57. The highest BCUT2D eigenvalue weighted by Crippen LogP contribution is 2.54. The Morgan fingerprint density at radius 3 is 2.51 bits per heavy atom. The molecule has 3 aromatic carbocycles. The number of ether oxygens (including phenoxy) is 2. The molecule has 3 aliphatic rings. The summed E-state index contributed by atoms with van der Waals surface area (Å²) >= 11 is 0. The van der Waals surface area contributed by atoms with Crippen LogP contribution >= 0.6 is 0 Å². The molecule has 8 rings (SSSR count). The number of hydrogen-bond donors (Lipinski definition) is 1. The van der Waals surface area contributed by atoms with Crippen molar-refractivity contribution in [2.24, 2.45) is 0 Å². The van der Waals surface area contributed by atoms with Crippen molar-refractivity contribution in [1.29, 1.82) is 0 Å². The number of amides is 1. The molecule has 5 heterocycles. The Balaban J connectivity index is 1.67. The molecule has 7 heteroatoms. The lowest BCUT2D eigenvalue weighted by molar-refractivity contribution is -0.267. The summed E-state index contributed by atoms with van der Waals surface area (Å²) in [5.74, 6) is 0.00865. The maximum atomic E-state index is 13.4. The van der Waals surface area contributed by atoms with Crippen molar-refractivity contribution >= 4 is 49.5 Å². The first-order valence-electron chi connectivity index (χ1n) is 13.2. The second-order valence-corrected chi connectivity index (χ2v) is 10.9. The van der Waals surface area contributed by atoms with Gasteiger partial charge in [-0.3, -0.25) is 4.79 Å². The molecule has 1 amide bonds. The third-order valence-electron chi connectivity index (χ3n) is 9.26. The molecule has 188 valence electrons. The summed E-state index contributed by atoms with van der Waals surface area (Å²) in [6.45, 7) is 5.83. The fraction of sp³-hybridized carbons (Fsp3) is 0.367. The van der Waals surface area contributed by atoms with Crippen molar-refractivity contribution in [3.63, 3.8) is 0 Å². The van der Waals surface area contributed by atoms with Gasteiger partial charge < -0.3 is 28.8 Å². The van der Waals surface area contributed by atoms with Gasteiger partial charge in [-0.2, -0.15) is 0 Å². The molecule has 0 spiro atoms. The van der Waals surface area contributed by atoms with Crippen molar-refractivity contribution in [1.82, 2.24) is 19.4 Å². The molecule has 0 unspecified atom stereocenters. The van der Waals surface area contributed by atoms with Crippen LogP contribution in [0, 0.1) is 0 Å². The van der Waals surface area contributed by atoms with E-state index in [4.69, 9.17) is 9.47 Å². The lowest BCUT2D eigenvalue weighted by Gasteiger charge is -2.50. The molecule has 37 heavy (non-hydrogen) atoms. The average molecular weight is 495 g/mol. The van der Waals surface area contributed by atoms with Gasteiger partial charge in [-0.15, -0.1) is 0 Å². The van der Waals surface area contributed by atoms with Crippen LogP contribution in [0.1, 0.15) is 42.4 Å². The van der Waals surface area contributed by atoms with Crippen molar-refractivity contribution in [3.05, 3.63) is 59.7 Å². The van der Waals surface area contributed by atoms with E-state index in [0.717, 1.165) is 67.7 Å². The number of carbonyl (C=O) groups excluding carboxylic acids is 1. The Morgan fingerprint density at radius 1 is 1.08 bits per heavy atom. The summed E-state index contributed by atoms with van der Waals surface area (Å²) in [6, 6.07) is 17.1. The Bertz CT molecular complexity index is 1800. The predicted octanol–water partition coefficient (Wildman–Crippen LogP) is 5.09. The molecule has 1 N–H and O–H groups in total. The van der Waals surface area contributed by atoms with E-state index in [1.807, 2.05) is 0 Å². The maximum absolute atomic E-state index is 13.4. The first kappa shape index (κ1) is 21.7. The summed E-state index contributed by atoms with van der Waals surface area (Å²) in [7, 11) is 3.98. The number of carbonyl (C=O) groups is 1. The Hall–Kier alpha value is -3.39. The predicted molar refractivity (Wildman–Crippen MR) is 145 cm³/mol. The second-order valence-electron chi connectivity index (χ2n) is 10.9. The molecule has 1 saturated heterocycles. The van der Waals surface area contributed by atoms with Crippen molar-refractivity contribution in [2.45, 2.75) is 50.9 Å². The molecular weight excluding hydrogens is 464 g/mol. The zero-order valence-corrected chi connectivity index (χ0v) is 21.5. The van der Waals surface area contributed by atoms with E-state index in [-0.39, 0.29) is 24.3 Å². The van der Waals surface area contributed by atoms with Crippen LogP contribution < -0.4 is 5.32 Å². The molecule has 1 fully saturated rings. The van der Waals surface area contributed by atoms with E-state index >= 15 is 0 Å². The van der Waals surface area contributed by atoms with Gasteiger partial charge in [0.1, 0.15) is 12.3 Å². The van der Waals surface area contributed by atoms with Crippen molar-refractivity contribution in [3.8, 4) is 0 Å². The van der Waals surface area contributed by atoms with Crippen LogP contribution in [-0.4, -0.2) is 52.8 Å². The number of aromatic nitrogens is 2. The summed E-state index contributed by atoms with van der Waals surface area (Å²) in [5.41, 5.74) is 5.57. The summed E-state index contributed by atoms with van der Waals surface area (Å²) < 4.78 is 18.3. The molecule has 4 atom stereocenters. The van der Waals surface area contributed by atoms with Crippen LogP contribution in [-0.2, 0) is 21.7 Å². The van der Waals surface area contributed by atoms with Crippen LogP contribution in [0.3, 0.4) is 0 Å². The van der Waals surface area contributed by atoms with Crippen molar-refractivity contribution in [2.75, 3.05) is 20.7 Å². The molecule has 0 saturated carbocycles. The quantitative estimate of drug-likeness (QED) is 0.380. The molecule has 7 nitrogen and oxygen atoms in total. The van der Waals surface area contributed by atoms with Crippen LogP contribution in [0.5, 0.6) is 0 Å². The number of nitrogens with one attached hydrogen (secondary N) is 1. The number of methoxy groups -OCH3 is 1. The van der Waals surface area contributed by atoms with E-state index in [1.54, 1.807) is 7.11 Å². The smallest absolute Gasteiger partial charge is 0.252 e. The van der Waals surface area contributed by atoms with E-state index in [9.17, 15) is 4.79 Å². The van der Waals surface area contributed by atoms with Gasteiger partial charge in [0.05, 0.1) is 27.6 Å². The topological polar surface area (TPSA) is 60.7 Å². The number of fused-ring (bicyclic) bond motifs is 13. The van der Waals surface area contributed by atoms with Gasteiger partial charge in [0.2, 0.25) is 0 Å². The second kappa shape index (κ2) is 7.13. The first-order chi connectivity index (χ1) is 18.0. The van der Waals surface area contributed by atoms with E-state index < -0.39 is 5.72 Å². The largest absolute Gasteiger partial charge is 0.375 e. The number of benzene rings is 3. The number of rotatable bonds is 3. The highest BCUT2D eigenvalue weighted by Gasteiger charge is 2.54. The lowest BCUT2D eigenvalue weighted by atomic mass is 9.91. The first-order valence-corrected chi connectivity index (χ1v) is 13.2. The standard InChI is InChI=1S/C30H30N4O3/c1-5-32(3)21-14-22-33-19-12-8-6-10-16(19)24-25-18(15-31-29(25)35)23-17-11-7-9-13-20(17)34(27(23)26(24)33)30(2,37-22)28(21)36-4/h6-13,21-22,28H,5,14-15H2,1-4H3,(H,31,35)/t21-,22-,28-,30+/m0/s1. The number of para-hydroxylation sites is 2. The van der Waals surface area contributed by atoms with Crippen molar-refractivity contribution < 1.29 is 14.3 Å². The van der Waals surface area contributed by atoms with Gasteiger partial charge in [0, 0.05) is 47.7 Å². The molecule has 0 aliphatic carbocycles. The number of nitrogens with zero attached hydrogens (tertiary/aromatic N) is 3. The third-order valence-corrected chi connectivity index (χ3v) is 9.26. The van der Waals surface area contributed by atoms with E-state index in [1.165, 1.54) is 0 Å². The van der Waals surface area contributed by atoms with Gasteiger partial charge in [-0.1, -0.05) is 43.3 Å². The monoisotopic (exact) mass is 494 g/mol. The molecule has 2 bridgehead atoms. The average Bonchev–Trinajstić information content (AvgIpc) is 3.55. The minimum Gasteiger partial charge on any atom is -0.375 e. The zero-order valence-electron chi connectivity index (χ0n) is 21.5. The maximum Gasteiger partial charge on any atom is 0.252 e. The zero-order chi connectivity index (χ0) is 25.2. The summed E-state index contributed by atoms with van der Waals surface area (Å²) in [6.07, 6.45) is 0.397. The Morgan fingerprint density at radius 2 is 1.78 bits per heavy atom. The molecule has 3 aliphatic heterocycles. The third kappa shape index (κ3) is 2.41. The molecular formula is C30H30N4O3.